The molecule has 0 N–H and O–H groups in total. The van der Waals surface area contributed by atoms with E-state index in [9.17, 15) is 4.79 Å². The molecule has 0 saturated carbocycles. The zero-order chi connectivity index (χ0) is 19.5. The molecule has 0 aliphatic heterocycles. The van der Waals surface area contributed by atoms with E-state index < -0.39 is 0 Å². The number of carbonyl (C=O) groups excluding carboxylic acids is 1. The molecule has 2 aromatic carbocycles. The van der Waals surface area contributed by atoms with Crippen LogP contribution in [0.25, 0.3) is 22.2 Å². The van der Waals surface area contributed by atoms with E-state index in [0.717, 1.165) is 46.3 Å². The molecule has 0 bridgehead atoms. The first-order valence-electron chi connectivity index (χ1n) is 9.44. The predicted octanol–water partition coefficient (Wildman–Crippen LogP) is 4.54. The average Bonchev–Trinajstić information content (AvgIpc) is 3.33. The van der Waals surface area contributed by atoms with Gasteiger partial charge in [-0.25, -0.2) is 0 Å². The lowest BCUT2D eigenvalue weighted by molar-refractivity contribution is 0.0794. The first-order valence-corrected chi connectivity index (χ1v) is 9.44. The van der Waals surface area contributed by atoms with Crippen LogP contribution >= 0.6 is 0 Å². The Labute approximate surface area is 164 Å². The number of para-hydroxylation sites is 1. The highest BCUT2D eigenvalue weighted by Crippen LogP contribution is 2.22. The van der Waals surface area contributed by atoms with Crippen LogP contribution in [-0.4, -0.2) is 34.1 Å². The molecule has 0 atom stereocenters. The molecule has 4 rings (SSSR count). The minimum atomic E-state index is 0.0411. The van der Waals surface area contributed by atoms with Gasteiger partial charge in [-0.1, -0.05) is 53.7 Å². The number of hydrogen-bond acceptors (Lipinski definition) is 3. The van der Waals surface area contributed by atoms with E-state index in [1.165, 1.54) is 0 Å². The van der Waals surface area contributed by atoms with E-state index in [1.54, 1.807) is 4.90 Å². The Kier molecular flexibility index (Phi) is 4.98. The molecule has 28 heavy (non-hydrogen) atoms. The van der Waals surface area contributed by atoms with Crippen LogP contribution in [0, 0.1) is 0 Å². The monoisotopic (exact) mass is 373 g/mol. The first-order chi connectivity index (χ1) is 13.6. The third-order valence-electron chi connectivity index (χ3n) is 5.02. The van der Waals surface area contributed by atoms with E-state index in [4.69, 9.17) is 4.52 Å². The van der Waals surface area contributed by atoms with E-state index in [2.05, 4.69) is 5.16 Å². The Balaban J connectivity index is 1.37. The summed E-state index contributed by atoms with van der Waals surface area (Å²) in [6, 6.07) is 19.9. The summed E-state index contributed by atoms with van der Waals surface area (Å²) in [5.74, 6) is 0.879. The highest BCUT2D eigenvalue weighted by molar-refractivity contribution is 6.06. The second kappa shape index (κ2) is 7.72. The van der Waals surface area contributed by atoms with Crippen LogP contribution in [0.1, 0.15) is 22.5 Å². The van der Waals surface area contributed by atoms with Gasteiger partial charge in [-0.3, -0.25) is 4.79 Å². The molecule has 0 spiro atoms. The van der Waals surface area contributed by atoms with Gasteiger partial charge in [0.25, 0.3) is 5.91 Å². The molecule has 5 nitrogen and oxygen atoms in total. The van der Waals surface area contributed by atoms with Crippen LogP contribution in [0.4, 0.5) is 0 Å². The van der Waals surface area contributed by atoms with Crippen molar-refractivity contribution in [3.05, 3.63) is 78.2 Å². The molecule has 0 radical (unpaired) electrons. The second-order valence-corrected chi connectivity index (χ2v) is 7.05. The molecule has 2 aromatic heterocycles. The maximum atomic E-state index is 12.9. The van der Waals surface area contributed by atoms with E-state index in [-0.39, 0.29) is 5.91 Å². The minimum Gasteiger partial charge on any atom is -0.361 e. The summed E-state index contributed by atoms with van der Waals surface area (Å²) < 4.78 is 7.45. The standard InChI is InChI=1S/C23H23N3O2/c1-25(23(27)20-16-26(2)22-13-7-6-12-19(20)22)14-8-11-18-15-21(24-28-18)17-9-4-3-5-10-17/h3-7,9-10,12-13,15-16H,8,11,14H2,1-2H3. The number of carbonyl (C=O) groups is 1. The maximum Gasteiger partial charge on any atom is 0.255 e. The lowest BCUT2D eigenvalue weighted by atomic mass is 10.1. The summed E-state index contributed by atoms with van der Waals surface area (Å²) >= 11 is 0. The zero-order valence-corrected chi connectivity index (χ0v) is 16.1. The van der Waals surface area contributed by atoms with Gasteiger partial charge in [0.1, 0.15) is 11.5 Å². The molecule has 2 heterocycles. The SMILES string of the molecule is CN(CCCc1cc(-c2ccccc2)no1)C(=O)c1cn(C)c2ccccc12. The largest absolute Gasteiger partial charge is 0.361 e. The molecule has 0 aliphatic carbocycles. The number of aryl methyl sites for hydroxylation is 2. The molecular formula is C23H23N3O2. The fourth-order valence-corrected chi connectivity index (χ4v) is 3.49. The second-order valence-electron chi connectivity index (χ2n) is 7.05. The van der Waals surface area contributed by atoms with Crippen molar-refractivity contribution in [3.63, 3.8) is 0 Å². The van der Waals surface area contributed by atoms with Crippen molar-refractivity contribution in [1.82, 2.24) is 14.6 Å². The van der Waals surface area contributed by atoms with E-state index >= 15 is 0 Å². The molecule has 5 heteroatoms. The van der Waals surface area contributed by atoms with E-state index in [0.29, 0.717) is 6.54 Å². The Hall–Kier alpha value is -3.34. The summed E-state index contributed by atoms with van der Waals surface area (Å²) in [5, 5.41) is 5.14. The summed E-state index contributed by atoms with van der Waals surface area (Å²) in [6.07, 6.45) is 3.47. The number of aromatic nitrogens is 2. The molecular weight excluding hydrogens is 350 g/mol. The molecule has 142 valence electrons. The van der Waals surface area contributed by atoms with Gasteiger partial charge in [-0.15, -0.1) is 0 Å². The van der Waals surface area contributed by atoms with Crippen molar-refractivity contribution in [3.8, 4) is 11.3 Å². The summed E-state index contributed by atoms with van der Waals surface area (Å²) in [6.45, 7) is 0.656. The Morgan fingerprint density at radius 3 is 2.68 bits per heavy atom. The Morgan fingerprint density at radius 1 is 1.11 bits per heavy atom. The third-order valence-corrected chi connectivity index (χ3v) is 5.02. The predicted molar refractivity (Wildman–Crippen MR) is 110 cm³/mol. The number of amides is 1. The third kappa shape index (κ3) is 3.56. The highest BCUT2D eigenvalue weighted by atomic mass is 16.5. The Morgan fingerprint density at radius 2 is 1.86 bits per heavy atom. The molecule has 0 aliphatic rings. The quantitative estimate of drug-likeness (QED) is 0.499. The fourth-order valence-electron chi connectivity index (χ4n) is 3.49. The summed E-state index contributed by atoms with van der Waals surface area (Å²) in [4.78, 5) is 14.7. The number of nitrogens with zero attached hydrogens (tertiary/aromatic N) is 3. The van der Waals surface area contributed by atoms with Crippen molar-refractivity contribution in [1.29, 1.82) is 0 Å². The van der Waals surface area contributed by atoms with Gasteiger partial charge in [0.05, 0.1) is 5.56 Å². The summed E-state index contributed by atoms with van der Waals surface area (Å²) in [7, 11) is 3.81. The van der Waals surface area contributed by atoms with E-state index in [1.807, 2.05) is 85.5 Å². The van der Waals surface area contributed by atoms with Gasteiger partial charge in [0.15, 0.2) is 0 Å². The zero-order valence-electron chi connectivity index (χ0n) is 16.1. The van der Waals surface area contributed by atoms with Crippen molar-refractivity contribution in [2.24, 2.45) is 7.05 Å². The minimum absolute atomic E-state index is 0.0411. The van der Waals surface area contributed by atoms with Gasteiger partial charge >= 0.3 is 0 Å². The molecule has 0 fully saturated rings. The van der Waals surface area contributed by atoms with Crippen LogP contribution < -0.4 is 0 Å². The van der Waals surface area contributed by atoms with Gasteiger partial charge < -0.3 is 14.0 Å². The normalized spacial score (nSPS) is 11.1. The van der Waals surface area contributed by atoms with Crippen LogP contribution in [-0.2, 0) is 13.5 Å². The van der Waals surface area contributed by atoms with Gasteiger partial charge in [-0.2, -0.15) is 0 Å². The van der Waals surface area contributed by atoms with Crippen molar-refractivity contribution in [2.45, 2.75) is 12.8 Å². The number of benzene rings is 2. The number of hydrogen-bond donors (Lipinski definition) is 0. The fraction of sp³-hybridized carbons (Fsp3) is 0.217. The smallest absolute Gasteiger partial charge is 0.255 e. The molecule has 0 saturated heterocycles. The molecule has 0 unspecified atom stereocenters. The summed E-state index contributed by atoms with van der Waals surface area (Å²) in [5.41, 5.74) is 3.69. The lowest BCUT2D eigenvalue weighted by Gasteiger charge is -2.16. The van der Waals surface area contributed by atoms with Gasteiger partial charge in [0, 0.05) is 55.8 Å². The van der Waals surface area contributed by atoms with Crippen LogP contribution in [0.5, 0.6) is 0 Å². The molecule has 1 amide bonds. The number of rotatable bonds is 6. The average molecular weight is 373 g/mol. The van der Waals surface area contributed by atoms with Crippen LogP contribution in [0.15, 0.2) is 71.4 Å². The van der Waals surface area contributed by atoms with Crippen molar-refractivity contribution < 1.29 is 9.32 Å². The van der Waals surface area contributed by atoms with Crippen LogP contribution in [0.3, 0.4) is 0 Å². The first kappa shape index (κ1) is 18.0. The number of fused-ring (bicyclic) bond motifs is 1. The Bertz CT molecular complexity index is 1100. The van der Waals surface area contributed by atoms with Gasteiger partial charge in [0.2, 0.25) is 0 Å². The topological polar surface area (TPSA) is 51.3 Å². The van der Waals surface area contributed by atoms with Crippen molar-refractivity contribution in [2.75, 3.05) is 13.6 Å². The maximum absolute atomic E-state index is 12.9. The van der Waals surface area contributed by atoms with Crippen molar-refractivity contribution >= 4 is 16.8 Å². The van der Waals surface area contributed by atoms with Gasteiger partial charge in [-0.05, 0) is 12.5 Å². The highest BCUT2D eigenvalue weighted by Gasteiger charge is 2.17. The lowest BCUT2D eigenvalue weighted by Crippen LogP contribution is -2.27. The van der Waals surface area contributed by atoms with Crippen LogP contribution in [0.2, 0.25) is 0 Å². The molecule has 4 aromatic rings.